The quantitative estimate of drug-likeness (QED) is 0.305. The third kappa shape index (κ3) is 8.51. The summed E-state index contributed by atoms with van der Waals surface area (Å²) in [6.45, 7) is 6.32. The van der Waals surface area contributed by atoms with Crippen LogP contribution in [0.4, 0.5) is 0 Å². The van der Waals surface area contributed by atoms with Crippen molar-refractivity contribution in [2.24, 2.45) is 0 Å². The first-order valence-electron chi connectivity index (χ1n) is 15.2. The summed E-state index contributed by atoms with van der Waals surface area (Å²) >= 11 is 0. The van der Waals surface area contributed by atoms with E-state index in [-0.39, 0.29) is 24.7 Å². The van der Waals surface area contributed by atoms with Gasteiger partial charge in [-0.2, -0.15) is 0 Å². The van der Waals surface area contributed by atoms with Gasteiger partial charge >= 0.3 is 5.97 Å². The van der Waals surface area contributed by atoms with Crippen LogP contribution in [-0.4, -0.2) is 53.7 Å². The molecule has 2 aliphatic heterocycles. The van der Waals surface area contributed by atoms with Crippen LogP contribution >= 0.6 is 0 Å². The molecule has 3 aromatic rings. The summed E-state index contributed by atoms with van der Waals surface area (Å²) in [7, 11) is 0. The maximum atomic E-state index is 12.2. The van der Waals surface area contributed by atoms with Crippen LogP contribution in [0, 0.1) is 0 Å². The lowest BCUT2D eigenvalue weighted by molar-refractivity contribution is -0.253. The Morgan fingerprint density at radius 1 is 0.930 bits per heavy atom. The number of carbonyl (C=O) groups is 2. The van der Waals surface area contributed by atoms with Crippen LogP contribution in [0.5, 0.6) is 0 Å². The number of hydrogen-bond acceptors (Lipinski definition) is 7. The van der Waals surface area contributed by atoms with Crippen LogP contribution in [0.1, 0.15) is 74.2 Å². The average molecular weight is 587 g/mol. The van der Waals surface area contributed by atoms with Gasteiger partial charge in [0.25, 0.3) is 5.91 Å². The fourth-order valence-corrected chi connectivity index (χ4v) is 5.79. The zero-order chi connectivity index (χ0) is 30.2. The Hall–Kier alpha value is -3.56. The lowest BCUT2D eigenvalue weighted by atomic mass is 9.98. The van der Waals surface area contributed by atoms with E-state index in [1.54, 1.807) is 6.92 Å². The lowest BCUT2D eigenvalue weighted by Crippen LogP contribution is -2.41. The summed E-state index contributed by atoms with van der Waals surface area (Å²) in [5.74, 6) is -0.819. The molecular weight excluding hydrogens is 544 g/mol. The number of amides is 1. The number of piperidine rings is 1. The molecule has 3 aromatic carbocycles. The van der Waals surface area contributed by atoms with E-state index in [1.165, 1.54) is 26.2 Å². The van der Waals surface area contributed by atoms with Crippen molar-refractivity contribution in [1.29, 1.82) is 0 Å². The van der Waals surface area contributed by atoms with Gasteiger partial charge in [0, 0.05) is 32.0 Å². The molecule has 2 aliphatic rings. The smallest absolute Gasteiger partial charge is 0.303 e. The topological polar surface area (TPSA) is 97.3 Å². The van der Waals surface area contributed by atoms with Gasteiger partial charge in [-0.15, -0.1) is 0 Å². The number of nitrogens with one attached hydrogen (secondary N) is 1. The van der Waals surface area contributed by atoms with E-state index in [0.29, 0.717) is 6.54 Å². The molecule has 43 heavy (non-hydrogen) atoms. The molecule has 228 valence electrons. The second-order valence-corrected chi connectivity index (χ2v) is 11.5. The minimum atomic E-state index is -0.837. The summed E-state index contributed by atoms with van der Waals surface area (Å²) in [6, 6.07) is 24.3. The Balaban J connectivity index is 1.28. The minimum absolute atomic E-state index is 0.0221. The molecule has 2 N–H and O–H groups in total. The van der Waals surface area contributed by atoms with Gasteiger partial charge in [0.05, 0.1) is 18.8 Å². The average Bonchev–Trinajstić information content (AvgIpc) is 3.04. The molecular formula is C35H42N2O6. The molecule has 2 fully saturated rings. The predicted octanol–water partition coefficient (Wildman–Crippen LogP) is 5.45. The van der Waals surface area contributed by atoms with Crippen LogP contribution in [0.3, 0.4) is 0 Å². The van der Waals surface area contributed by atoms with E-state index in [1.807, 2.05) is 48.5 Å². The van der Waals surface area contributed by atoms with E-state index >= 15 is 0 Å². The summed E-state index contributed by atoms with van der Waals surface area (Å²) in [5, 5.41) is 12.3. The summed E-state index contributed by atoms with van der Waals surface area (Å²) in [5.41, 5.74) is 5.96. The van der Waals surface area contributed by atoms with Gasteiger partial charge in [-0.1, -0.05) is 73.2 Å². The van der Waals surface area contributed by atoms with Crippen molar-refractivity contribution in [3.8, 4) is 11.1 Å². The van der Waals surface area contributed by atoms with E-state index in [2.05, 4.69) is 34.5 Å². The Kier molecular flexibility index (Phi) is 10.6. The summed E-state index contributed by atoms with van der Waals surface area (Å²) in [6.07, 6.45) is 3.19. The largest absolute Gasteiger partial charge is 0.453 e. The van der Waals surface area contributed by atoms with Gasteiger partial charge in [-0.25, -0.2) is 0 Å². The van der Waals surface area contributed by atoms with Crippen molar-refractivity contribution in [2.75, 3.05) is 19.6 Å². The van der Waals surface area contributed by atoms with Gasteiger partial charge in [0.2, 0.25) is 0 Å². The van der Waals surface area contributed by atoms with Crippen molar-refractivity contribution in [3.63, 3.8) is 0 Å². The number of esters is 1. The van der Waals surface area contributed by atoms with Crippen LogP contribution in [0.15, 0.2) is 72.8 Å². The number of hydrogen-bond donors (Lipinski definition) is 2. The van der Waals surface area contributed by atoms with Gasteiger partial charge in [-0.05, 0) is 66.7 Å². The number of ether oxygens (including phenoxy) is 3. The molecule has 4 atom stereocenters. The SMILES string of the molecule is CC(=O)OC(C)C(=O)NCc1cccc(-c2ccc(C3OC(CN4CCCCC4)CC(c4ccc(CO)cc4)O3)cc2)c1. The maximum absolute atomic E-state index is 12.2. The summed E-state index contributed by atoms with van der Waals surface area (Å²) in [4.78, 5) is 25.9. The van der Waals surface area contributed by atoms with Crippen molar-refractivity contribution >= 4 is 11.9 Å². The molecule has 0 aromatic heterocycles. The Labute approximate surface area is 254 Å². The third-order valence-corrected chi connectivity index (χ3v) is 8.15. The first-order chi connectivity index (χ1) is 20.9. The molecule has 0 saturated carbocycles. The maximum Gasteiger partial charge on any atom is 0.303 e. The highest BCUT2D eigenvalue weighted by molar-refractivity contribution is 5.82. The van der Waals surface area contributed by atoms with Gasteiger partial charge in [0.1, 0.15) is 0 Å². The highest BCUT2D eigenvalue weighted by Crippen LogP contribution is 2.39. The fraction of sp³-hybridized carbons (Fsp3) is 0.429. The van der Waals surface area contributed by atoms with Gasteiger partial charge in [-0.3, -0.25) is 9.59 Å². The third-order valence-electron chi connectivity index (χ3n) is 8.15. The number of carbonyl (C=O) groups excluding carboxylic acids is 2. The minimum Gasteiger partial charge on any atom is -0.453 e. The van der Waals surface area contributed by atoms with Crippen LogP contribution in [0.2, 0.25) is 0 Å². The normalized spacial score (nSPS) is 21.6. The zero-order valence-electron chi connectivity index (χ0n) is 25.0. The Bertz CT molecular complexity index is 1350. The van der Waals surface area contributed by atoms with E-state index < -0.39 is 18.4 Å². The molecule has 0 spiro atoms. The highest BCUT2D eigenvalue weighted by Gasteiger charge is 2.33. The van der Waals surface area contributed by atoms with Gasteiger partial charge in [0.15, 0.2) is 12.4 Å². The molecule has 0 radical (unpaired) electrons. The summed E-state index contributed by atoms with van der Waals surface area (Å²) < 4.78 is 18.1. The van der Waals surface area contributed by atoms with Crippen molar-refractivity contribution in [2.45, 2.75) is 77.3 Å². The number of aliphatic hydroxyl groups is 1. The molecule has 1 amide bonds. The fourth-order valence-electron chi connectivity index (χ4n) is 5.79. The number of rotatable bonds is 10. The van der Waals surface area contributed by atoms with Crippen LogP contribution < -0.4 is 5.32 Å². The lowest BCUT2D eigenvalue weighted by Gasteiger charge is -2.39. The molecule has 4 unspecified atom stereocenters. The first kappa shape index (κ1) is 30.9. The second kappa shape index (κ2) is 14.8. The molecule has 5 rings (SSSR count). The van der Waals surface area contributed by atoms with E-state index in [9.17, 15) is 14.7 Å². The molecule has 2 heterocycles. The van der Waals surface area contributed by atoms with Crippen LogP contribution in [0.25, 0.3) is 11.1 Å². The van der Waals surface area contributed by atoms with Crippen molar-refractivity contribution < 1.29 is 28.9 Å². The van der Waals surface area contributed by atoms with E-state index in [0.717, 1.165) is 59.4 Å². The molecule has 8 nitrogen and oxygen atoms in total. The number of nitrogens with zero attached hydrogens (tertiary/aromatic N) is 1. The zero-order valence-corrected chi connectivity index (χ0v) is 25.0. The molecule has 0 aliphatic carbocycles. The number of benzene rings is 3. The number of aliphatic hydroxyl groups excluding tert-OH is 1. The molecule has 0 bridgehead atoms. The monoisotopic (exact) mass is 586 g/mol. The van der Waals surface area contributed by atoms with Crippen LogP contribution in [-0.2, 0) is 37.0 Å². The number of likely N-dealkylation sites (tertiary alicyclic amines) is 1. The molecule has 8 heteroatoms. The Morgan fingerprint density at radius 3 is 2.35 bits per heavy atom. The van der Waals surface area contributed by atoms with E-state index in [4.69, 9.17) is 14.2 Å². The van der Waals surface area contributed by atoms with Crippen molar-refractivity contribution in [3.05, 3.63) is 95.1 Å². The van der Waals surface area contributed by atoms with Gasteiger partial charge < -0.3 is 29.5 Å². The standard InChI is InChI=1S/C35H42N2O6/c1-24(41-25(2)39)34(40)36-21-27-7-6-8-31(19-27)28-13-15-30(16-14-28)35-42-32(22-37-17-4-3-5-18-37)20-33(43-35)29-11-9-26(23-38)10-12-29/h6-16,19,24,32-33,35,38H,3-5,17-18,20-23H2,1-2H3,(H,36,40). The molecule has 2 saturated heterocycles. The van der Waals surface area contributed by atoms with Crippen molar-refractivity contribution in [1.82, 2.24) is 10.2 Å². The predicted molar refractivity (Wildman–Crippen MR) is 164 cm³/mol. The Morgan fingerprint density at radius 2 is 1.65 bits per heavy atom. The second-order valence-electron chi connectivity index (χ2n) is 11.5. The highest BCUT2D eigenvalue weighted by atomic mass is 16.7. The first-order valence-corrected chi connectivity index (χ1v) is 15.2.